The molecule has 22 heavy (non-hydrogen) atoms. The smallest absolute Gasteiger partial charge is 0.251 e. The Morgan fingerprint density at radius 1 is 1.32 bits per heavy atom. The molecule has 0 saturated heterocycles. The molecular weight excluding hydrogens is 274 g/mol. The summed E-state index contributed by atoms with van der Waals surface area (Å²) < 4.78 is 0. The topological polar surface area (TPSA) is 53.5 Å². The largest absolute Gasteiger partial charge is 0.365 e. The Hall–Kier alpha value is -1.58. The summed E-state index contributed by atoms with van der Waals surface area (Å²) in [5.74, 6) is 1.46. The van der Waals surface area contributed by atoms with Gasteiger partial charge in [-0.1, -0.05) is 12.5 Å². The van der Waals surface area contributed by atoms with Crippen LogP contribution in [0.25, 0.3) is 0 Å². The Balaban J connectivity index is 2.23. The summed E-state index contributed by atoms with van der Waals surface area (Å²) in [4.78, 5) is 16.8. The Morgan fingerprint density at radius 3 is 2.36 bits per heavy atom. The summed E-state index contributed by atoms with van der Waals surface area (Å²) in [6.07, 6.45) is 5.51. The highest BCUT2D eigenvalue weighted by Gasteiger charge is 2.38. The molecule has 0 aliphatic heterocycles. The third-order valence-corrected chi connectivity index (χ3v) is 4.49. The van der Waals surface area contributed by atoms with Crippen LogP contribution in [0.3, 0.4) is 0 Å². The molecule has 4 heteroatoms. The third kappa shape index (κ3) is 4.21. The van der Waals surface area contributed by atoms with E-state index in [-0.39, 0.29) is 11.4 Å². The second-order valence-electron chi connectivity index (χ2n) is 7.05. The van der Waals surface area contributed by atoms with Crippen molar-refractivity contribution < 1.29 is 4.79 Å². The van der Waals surface area contributed by atoms with Crippen LogP contribution in [0.1, 0.15) is 59.8 Å². The standard InChI is InChI=1S/C18H29N3O/c1-6-14(16(19-5)21-18(4)9-10-18)15(12(2)3)17(22)20-11-13-7-8-13/h13,21H,5-11H2,1-4H3,(H,20,22)/b16-14-. The first kappa shape index (κ1) is 16.8. The van der Waals surface area contributed by atoms with E-state index in [1.807, 2.05) is 13.8 Å². The molecule has 0 spiro atoms. The van der Waals surface area contributed by atoms with Gasteiger partial charge in [0, 0.05) is 23.2 Å². The van der Waals surface area contributed by atoms with E-state index in [2.05, 4.69) is 36.2 Å². The number of rotatable bonds is 8. The van der Waals surface area contributed by atoms with Crippen molar-refractivity contribution in [1.29, 1.82) is 0 Å². The van der Waals surface area contributed by atoms with Crippen molar-refractivity contribution in [2.24, 2.45) is 10.9 Å². The van der Waals surface area contributed by atoms with Crippen LogP contribution < -0.4 is 10.6 Å². The summed E-state index contributed by atoms with van der Waals surface area (Å²) >= 11 is 0. The second-order valence-corrected chi connectivity index (χ2v) is 7.05. The first-order chi connectivity index (χ1) is 10.4. The third-order valence-electron chi connectivity index (χ3n) is 4.49. The zero-order valence-corrected chi connectivity index (χ0v) is 14.4. The number of carbonyl (C=O) groups is 1. The predicted molar refractivity (Wildman–Crippen MR) is 91.7 cm³/mol. The number of hydrogen-bond acceptors (Lipinski definition) is 3. The Morgan fingerprint density at radius 2 is 1.95 bits per heavy atom. The molecule has 0 aromatic rings. The normalized spacial score (nSPS) is 19.8. The van der Waals surface area contributed by atoms with E-state index in [0.717, 1.165) is 48.3 Å². The van der Waals surface area contributed by atoms with E-state index in [1.54, 1.807) is 0 Å². The van der Waals surface area contributed by atoms with E-state index in [1.165, 1.54) is 12.8 Å². The number of carbonyl (C=O) groups excluding carboxylic acids is 1. The maximum atomic E-state index is 12.6. The van der Waals surface area contributed by atoms with Gasteiger partial charge in [-0.05, 0) is 65.5 Å². The van der Waals surface area contributed by atoms with Gasteiger partial charge in [0.1, 0.15) is 5.82 Å². The molecule has 122 valence electrons. The summed E-state index contributed by atoms with van der Waals surface area (Å²) in [7, 11) is 0. The number of hydrogen-bond donors (Lipinski definition) is 2. The number of aliphatic imine (C=N–C) groups is 1. The zero-order valence-electron chi connectivity index (χ0n) is 14.4. The summed E-state index contributed by atoms with van der Waals surface area (Å²) in [5, 5.41) is 6.55. The molecule has 2 saturated carbocycles. The average molecular weight is 303 g/mol. The Bertz CT molecular complexity index is 518. The van der Waals surface area contributed by atoms with Crippen molar-refractivity contribution in [3.05, 3.63) is 22.5 Å². The highest BCUT2D eigenvalue weighted by molar-refractivity contribution is 5.98. The summed E-state index contributed by atoms with van der Waals surface area (Å²) in [6, 6.07) is 0. The minimum atomic E-state index is 0.0210. The lowest BCUT2D eigenvalue weighted by Crippen LogP contribution is -2.31. The van der Waals surface area contributed by atoms with Crippen molar-refractivity contribution in [3.8, 4) is 0 Å². The SMILES string of the molecule is C=N/C(NC1(C)CC1)=C(\CC)C(C(=O)NCC1CC1)=C(C)C. The number of nitrogens with zero attached hydrogens (tertiary/aromatic N) is 1. The minimum absolute atomic E-state index is 0.0210. The number of amides is 1. The number of nitrogens with one attached hydrogen (secondary N) is 2. The monoisotopic (exact) mass is 303 g/mol. The second kappa shape index (κ2) is 6.67. The van der Waals surface area contributed by atoms with E-state index in [9.17, 15) is 4.79 Å². The highest BCUT2D eigenvalue weighted by atomic mass is 16.1. The fourth-order valence-electron chi connectivity index (χ4n) is 2.58. The molecule has 0 bridgehead atoms. The van der Waals surface area contributed by atoms with Crippen molar-refractivity contribution in [2.75, 3.05) is 6.54 Å². The molecule has 2 fully saturated rings. The molecule has 2 aliphatic rings. The highest BCUT2D eigenvalue weighted by Crippen LogP contribution is 2.36. The lowest BCUT2D eigenvalue weighted by atomic mass is 9.97. The van der Waals surface area contributed by atoms with Crippen LogP contribution in [0.2, 0.25) is 0 Å². The summed E-state index contributed by atoms with van der Waals surface area (Å²) in [6.45, 7) is 12.7. The molecule has 4 nitrogen and oxygen atoms in total. The van der Waals surface area contributed by atoms with Crippen LogP contribution >= 0.6 is 0 Å². The lowest BCUT2D eigenvalue weighted by Gasteiger charge is -2.20. The van der Waals surface area contributed by atoms with E-state index in [4.69, 9.17) is 0 Å². The maximum absolute atomic E-state index is 12.6. The van der Waals surface area contributed by atoms with Gasteiger partial charge in [-0.15, -0.1) is 0 Å². The summed E-state index contributed by atoms with van der Waals surface area (Å²) in [5.41, 5.74) is 2.88. The molecule has 0 unspecified atom stereocenters. The van der Waals surface area contributed by atoms with E-state index < -0.39 is 0 Å². The van der Waals surface area contributed by atoms with Gasteiger partial charge in [-0.2, -0.15) is 0 Å². The van der Waals surface area contributed by atoms with Gasteiger partial charge >= 0.3 is 0 Å². The van der Waals surface area contributed by atoms with E-state index in [0.29, 0.717) is 5.92 Å². The predicted octanol–water partition coefficient (Wildman–Crippen LogP) is 3.31. The molecule has 0 heterocycles. The lowest BCUT2D eigenvalue weighted by molar-refractivity contribution is -0.117. The molecule has 2 aliphatic carbocycles. The average Bonchev–Trinajstić information content (AvgIpc) is 3.38. The first-order valence-electron chi connectivity index (χ1n) is 8.34. The fraction of sp³-hybridized carbons (Fsp3) is 0.667. The van der Waals surface area contributed by atoms with Gasteiger partial charge in [0.2, 0.25) is 0 Å². The van der Waals surface area contributed by atoms with Gasteiger partial charge in [0.25, 0.3) is 5.91 Å². The molecule has 0 aromatic carbocycles. The van der Waals surface area contributed by atoms with Gasteiger partial charge in [-0.25, -0.2) is 4.99 Å². The molecule has 2 rings (SSSR count). The minimum Gasteiger partial charge on any atom is -0.365 e. The van der Waals surface area contributed by atoms with Crippen LogP contribution in [0, 0.1) is 5.92 Å². The molecule has 2 N–H and O–H groups in total. The van der Waals surface area contributed by atoms with Crippen molar-refractivity contribution in [3.63, 3.8) is 0 Å². The van der Waals surface area contributed by atoms with Gasteiger partial charge in [-0.3, -0.25) is 4.79 Å². The van der Waals surface area contributed by atoms with Crippen molar-refractivity contribution in [2.45, 2.75) is 65.3 Å². The molecule has 0 atom stereocenters. The maximum Gasteiger partial charge on any atom is 0.251 e. The fourth-order valence-corrected chi connectivity index (χ4v) is 2.58. The van der Waals surface area contributed by atoms with Crippen molar-refractivity contribution in [1.82, 2.24) is 10.6 Å². The quantitative estimate of drug-likeness (QED) is 0.410. The molecule has 0 aromatic heterocycles. The zero-order chi connectivity index (χ0) is 16.3. The van der Waals surface area contributed by atoms with Crippen LogP contribution in [-0.4, -0.2) is 24.7 Å². The van der Waals surface area contributed by atoms with Gasteiger partial charge in [0.15, 0.2) is 0 Å². The Labute approximate surface area is 134 Å². The van der Waals surface area contributed by atoms with Gasteiger partial charge < -0.3 is 10.6 Å². The molecule has 0 radical (unpaired) electrons. The molecular formula is C18H29N3O. The van der Waals surface area contributed by atoms with Crippen LogP contribution in [0.5, 0.6) is 0 Å². The molecule has 1 amide bonds. The number of allylic oxidation sites excluding steroid dienone is 1. The van der Waals surface area contributed by atoms with E-state index >= 15 is 0 Å². The van der Waals surface area contributed by atoms with Crippen molar-refractivity contribution >= 4 is 12.6 Å². The first-order valence-corrected chi connectivity index (χ1v) is 8.34. The van der Waals surface area contributed by atoms with Gasteiger partial charge in [0.05, 0.1) is 0 Å². The Kier molecular flexibility index (Phi) is 5.09. The van der Waals surface area contributed by atoms with Crippen LogP contribution in [0.4, 0.5) is 0 Å². The van der Waals surface area contributed by atoms with Crippen LogP contribution in [-0.2, 0) is 4.79 Å². The van der Waals surface area contributed by atoms with Crippen LogP contribution in [0.15, 0.2) is 27.5 Å².